The summed E-state index contributed by atoms with van der Waals surface area (Å²) in [7, 11) is -1.87. The minimum Gasteiger partial charge on any atom is -0.497 e. The number of carbonyl (C=O) groups excluding carboxylic acids is 1. The highest BCUT2D eigenvalue weighted by molar-refractivity contribution is 7.92. The van der Waals surface area contributed by atoms with Crippen molar-refractivity contribution in [3.8, 4) is 5.75 Å². The summed E-state index contributed by atoms with van der Waals surface area (Å²) in [5.74, 6) is 0.370. The molecule has 0 fully saturated rings. The van der Waals surface area contributed by atoms with Gasteiger partial charge in [0.2, 0.25) is 10.0 Å². The number of nitrogens with one attached hydrogen (secondary N) is 3. The molecule has 31 heavy (non-hydrogen) atoms. The SMILES string of the molecule is COc1cccc(NC(=O)C(Nc2ccc(C)c(NS(C)(=O)=O)c2)c2ccccc2)c1. The van der Waals surface area contributed by atoms with Gasteiger partial charge in [0.1, 0.15) is 11.8 Å². The van der Waals surface area contributed by atoms with Crippen LogP contribution in [-0.2, 0) is 14.8 Å². The van der Waals surface area contributed by atoms with Gasteiger partial charge in [-0.1, -0.05) is 42.5 Å². The van der Waals surface area contributed by atoms with Gasteiger partial charge in [0.05, 0.1) is 19.1 Å². The van der Waals surface area contributed by atoms with E-state index in [0.29, 0.717) is 22.8 Å². The molecule has 0 aliphatic rings. The lowest BCUT2D eigenvalue weighted by Crippen LogP contribution is -2.27. The number of sulfonamides is 1. The molecule has 162 valence electrons. The van der Waals surface area contributed by atoms with E-state index in [0.717, 1.165) is 17.4 Å². The molecule has 3 aromatic rings. The van der Waals surface area contributed by atoms with E-state index in [1.165, 1.54) is 0 Å². The van der Waals surface area contributed by atoms with E-state index in [4.69, 9.17) is 4.74 Å². The van der Waals surface area contributed by atoms with Gasteiger partial charge >= 0.3 is 0 Å². The first-order valence-corrected chi connectivity index (χ1v) is 11.5. The predicted molar refractivity (Wildman–Crippen MR) is 124 cm³/mol. The molecule has 0 bridgehead atoms. The van der Waals surface area contributed by atoms with Gasteiger partial charge in [-0.3, -0.25) is 9.52 Å². The predicted octanol–water partition coefficient (Wildman–Crippen LogP) is 4.17. The quantitative estimate of drug-likeness (QED) is 0.490. The number of ether oxygens (including phenoxy) is 1. The third kappa shape index (κ3) is 6.23. The van der Waals surface area contributed by atoms with Crippen LogP contribution >= 0.6 is 0 Å². The number of hydrogen-bond donors (Lipinski definition) is 3. The molecular formula is C23H25N3O4S. The highest BCUT2D eigenvalue weighted by atomic mass is 32.2. The maximum absolute atomic E-state index is 13.2. The van der Waals surface area contributed by atoms with Crippen molar-refractivity contribution < 1.29 is 17.9 Å². The molecular weight excluding hydrogens is 414 g/mol. The van der Waals surface area contributed by atoms with Crippen molar-refractivity contribution in [3.63, 3.8) is 0 Å². The molecule has 3 rings (SSSR count). The summed E-state index contributed by atoms with van der Waals surface area (Å²) >= 11 is 0. The average Bonchev–Trinajstić information content (AvgIpc) is 2.74. The van der Waals surface area contributed by atoms with Crippen molar-refractivity contribution in [1.82, 2.24) is 0 Å². The van der Waals surface area contributed by atoms with E-state index in [2.05, 4.69) is 15.4 Å². The van der Waals surface area contributed by atoms with Gasteiger partial charge in [-0.25, -0.2) is 8.42 Å². The molecule has 0 saturated heterocycles. The van der Waals surface area contributed by atoms with Crippen LogP contribution in [0.1, 0.15) is 17.2 Å². The molecule has 0 aliphatic heterocycles. The van der Waals surface area contributed by atoms with Gasteiger partial charge in [0.25, 0.3) is 5.91 Å². The summed E-state index contributed by atoms with van der Waals surface area (Å²) in [6, 6.07) is 21.0. The Balaban J connectivity index is 1.90. The molecule has 0 spiro atoms. The summed E-state index contributed by atoms with van der Waals surface area (Å²) in [6.07, 6.45) is 1.10. The fraction of sp³-hybridized carbons (Fsp3) is 0.174. The lowest BCUT2D eigenvalue weighted by atomic mass is 10.0. The average molecular weight is 440 g/mol. The van der Waals surface area contributed by atoms with Crippen molar-refractivity contribution in [2.24, 2.45) is 0 Å². The van der Waals surface area contributed by atoms with Crippen LogP contribution in [0, 0.1) is 6.92 Å². The number of carbonyl (C=O) groups is 1. The summed E-state index contributed by atoms with van der Waals surface area (Å²) in [4.78, 5) is 13.2. The van der Waals surface area contributed by atoms with Crippen LogP contribution in [0.5, 0.6) is 5.75 Å². The number of amides is 1. The highest BCUT2D eigenvalue weighted by Crippen LogP contribution is 2.27. The molecule has 1 atom stereocenters. The maximum atomic E-state index is 13.2. The molecule has 0 aromatic heterocycles. The molecule has 3 aromatic carbocycles. The summed E-state index contributed by atoms with van der Waals surface area (Å²) in [6.45, 7) is 1.81. The molecule has 1 amide bonds. The molecule has 1 unspecified atom stereocenters. The van der Waals surface area contributed by atoms with Gasteiger partial charge in [-0.15, -0.1) is 0 Å². The summed E-state index contributed by atoms with van der Waals surface area (Å²) in [5, 5.41) is 6.13. The molecule has 0 saturated carbocycles. The van der Waals surface area contributed by atoms with Crippen LogP contribution in [-0.4, -0.2) is 27.7 Å². The second-order valence-electron chi connectivity index (χ2n) is 7.11. The molecule has 3 N–H and O–H groups in total. The third-order valence-electron chi connectivity index (χ3n) is 4.58. The standard InChI is InChI=1S/C23H25N3O4S/c1-16-12-13-19(15-21(16)26-31(3,28)29)24-22(17-8-5-4-6-9-17)23(27)25-18-10-7-11-20(14-18)30-2/h4-15,22,24,26H,1-3H3,(H,25,27). The van der Waals surface area contributed by atoms with Gasteiger partial charge in [-0.2, -0.15) is 0 Å². The summed E-state index contributed by atoms with van der Waals surface area (Å²) < 4.78 is 31.1. The number of aryl methyl sites for hydroxylation is 1. The minimum atomic E-state index is -3.43. The van der Waals surface area contributed by atoms with Gasteiger partial charge in [0.15, 0.2) is 0 Å². The lowest BCUT2D eigenvalue weighted by Gasteiger charge is -2.21. The van der Waals surface area contributed by atoms with E-state index in [9.17, 15) is 13.2 Å². The van der Waals surface area contributed by atoms with Crippen LogP contribution < -0.4 is 20.1 Å². The van der Waals surface area contributed by atoms with E-state index in [1.807, 2.05) is 37.3 Å². The molecule has 7 nitrogen and oxygen atoms in total. The zero-order chi connectivity index (χ0) is 22.4. The van der Waals surface area contributed by atoms with Crippen molar-refractivity contribution in [3.05, 3.63) is 83.9 Å². The molecule has 0 aliphatic carbocycles. The first-order chi connectivity index (χ1) is 14.7. The number of benzene rings is 3. The minimum absolute atomic E-state index is 0.266. The van der Waals surface area contributed by atoms with Crippen molar-refractivity contribution >= 4 is 33.0 Å². The van der Waals surface area contributed by atoms with Gasteiger partial charge in [-0.05, 0) is 42.3 Å². The van der Waals surface area contributed by atoms with Crippen molar-refractivity contribution in [2.45, 2.75) is 13.0 Å². The molecule has 0 radical (unpaired) electrons. The first-order valence-electron chi connectivity index (χ1n) is 9.60. The van der Waals surface area contributed by atoms with E-state index in [1.54, 1.807) is 49.6 Å². The van der Waals surface area contributed by atoms with Crippen molar-refractivity contribution in [1.29, 1.82) is 0 Å². The number of methoxy groups -OCH3 is 1. The fourth-order valence-corrected chi connectivity index (χ4v) is 3.67. The Bertz CT molecular complexity index is 1160. The van der Waals surface area contributed by atoms with Crippen LogP contribution in [0.25, 0.3) is 0 Å². The summed E-state index contributed by atoms with van der Waals surface area (Å²) in [5.41, 5.74) is 3.20. The third-order valence-corrected chi connectivity index (χ3v) is 5.17. The van der Waals surface area contributed by atoms with Gasteiger partial charge < -0.3 is 15.4 Å². The van der Waals surface area contributed by atoms with Gasteiger partial charge in [0, 0.05) is 17.4 Å². The number of rotatable bonds is 8. The second-order valence-corrected chi connectivity index (χ2v) is 8.86. The first kappa shape index (κ1) is 22.2. The second kappa shape index (κ2) is 9.53. The number of hydrogen-bond acceptors (Lipinski definition) is 5. The molecule has 0 heterocycles. The zero-order valence-electron chi connectivity index (χ0n) is 17.5. The molecule has 8 heteroatoms. The fourth-order valence-electron chi connectivity index (χ4n) is 3.05. The van der Waals surface area contributed by atoms with E-state index in [-0.39, 0.29) is 5.91 Å². The highest BCUT2D eigenvalue weighted by Gasteiger charge is 2.21. The largest absolute Gasteiger partial charge is 0.497 e. The smallest absolute Gasteiger partial charge is 0.251 e. The Morgan fingerprint density at radius 3 is 2.35 bits per heavy atom. The lowest BCUT2D eigenvalue weighted by molar-refractivity contribution is -0.117. The Morgan fingerprint density at radius 1 is 0.935 bits per heavy atom. The topological polar surface area (TPSA) is 96.5 Å². The Labute approximate surface area is 182 Å². The Kier molecular flexibility index (Phi) is 6.81. The monoisotopic (exact) mass is 439 g/mol. The maximum Gasteiger partial charge on any atom is 0.251 e. The van der Waals surface area contributed by atoms with E-state index >= 15 is 0 Å². The Hall–Kier alpha value is -3.52. The van der Waals surface area contributed by atoms with Crippen LogP contribution in [0.15, 0.2) is 72.8 Å². The van der Waals surface area contributed by atoms with Crippen LogP contribution in [0.2, 0.25) is 0 Å². The van der Waals surface area contributed by atoms with Crippen LogP contribution in [0.3, 0.4) is 0 Å². The normalized spacial score (nSPS) is 12.0. The zero-order valence-corrected chi connectivity index (χ0v) is 18.4. The van der Waals surface area contributed by atoms with Crippen LogP contribution in [0.4, 0.5) is 17.1 Å². The number of anilines is 3. The Morgan fingerprint density at radius 2 is 1.68 bits per heavy atom. The van der Waals surface area contributed by atoms with E-state index < -0.39 is 16.1 Å². The van der Waals surface area contributed by atoms with Crippen molar-refractivity contribution in [2.75, 3.05) is 28.7 Å².